The molecule has 6 atom stereocenters. The van der Waals surface area contributed by atoms with Gasteiger partial charge in [-0.3, -0.25) is 9.59 Å². The minimum atomic E-state index is -1.61. The van der Waals surface area contributed by atoms with E-state index in [1.807, 2.05) is 6.08 Å². The van der Waals surface area contributed by atoms with Crippen molar-refractivity contribution in [1.82, 2.24) is 0 Å². The standard InChI is InChI=1S/C49H82O10/c1-3-5-7-9-11-13-15-17-19-20-21-22-24-26-28-30-32-34-36-38-45(52)58-42(41-57-49-48(55)47(54)46(53)43(39-50)59-49)40-56-44(51)37-35-33-31-29-27-25-23-18-16-14-12-10-8-6-4-2/h5,7,11,13,17,19,21-22,26,28,31,33,42-43,46-50,53-55H,3-4,6,8-10,12,14-16,18,20,23-25,27,29-30,32,34-41H2,1-2H3/b7-5+,13-11+,19-17+,22-21+,28-26+,33-31+/t42-,43-,46+,47?,48?,49-/m1/s1. The summed E-state index contributed by atoms with van der Waals surface area (Å²) >= 11 is 0. The topological polar surface area (TPSA) is 152 Å². The first-order valence-corrected chi connectivity index (χ1v) is 23.0. The molecule has 4 N–H and O–H groups in total. The molecule has 0 aromatic rings. The van der Waals surface area contributed by atoms with Crippen LogP contribution in [0.5, 0.6) is 0 Å². The lowest BCUT2D eigenvalue weighted by Crippen LogP contribution is -2.59. The second kappa shape index (κ2) is 39.3. The smallest absolute Gasteiger partial charge is 0.306 e. The molecule has 1 heterocycles. The molecular formula is C49H82O10. The van der Waals surface area contributed by atoms with Crippen molar-refractivity contribution in [2.75, 3.05) is 19.8 Å². The van der Waals surface area contributed by atoms with E-state index < -0.39 is 55.4 Å². The summed E-state index contributed by atoms with van der Waals surface area (Å²) in [5, 5.41) is 40.1. The normalized spacial score (nSPS) is 20.7. The summed E-state index contributed by atoms with van der Waals surface area (Å²) in [5.74, 6) is -0.906. The summed E-state index contributed by atoms with van der Waals surface area (Å²) < 4.78 is 22.1. The van der Waals surface area contributed by atoms with Crippen molar-refractivity contribution in [1.29, 1.82) is 0 Å². The maximum Gasteiger partial charge on any atom is 0.306 e. The van der Waals surface area contributed by atoms with Crippen LogP contribution in [0.1, 0.15) is 168 Å². The molecule has 0 bridgehead atoms. The second-order valence-electron chi connectivity index (χ2n) is 15.5. The lowest BCUT2D eigenvalue weighted by molar-refractivity contribution is -0.305. The number of aliphatic hydroxyl groups excluding tert-OH is 4. The molecule has 0 radical (unpaired) electrons. The number of rotatable bonds is 37. The molecular weight excluding hydrogens is 749 g/mol. The maximum absolute atomic E-state index is 12.8. The van der Waals surface area contributed by atoms with E-state index in [4.69, 9.17) is 18.9 Å². The highest BCUT2D eigenvalue weighted by molar-refractivity contribution is 5.70. The fraction of sp³-hybridized carbons (Fsp3) is 0.714. The Morgan fingerprint density at radius 2 is 1.03 bits per heavy atom. The van der Waals surface area contributed by atoms with E-state index in [1.165, 1.54) is 64.2 Å². The molecule has 1 rings (SSSR count). The molecule has 1 fully saturated rings. The summed E-state index contributed by atoms with van der Waals surface area (Å²) in [6.07, 6.45) is 42.0. The summed E-state index contributed by atoms with van der Waals surface area (Å²) in [4.78, 5) is 25.3. The Balaban J connectivity index is 2.38. The van der Waals surface area contributed by atoms with Gasteiger partial charge >= 0.3 is 11.9 Å². The van der Waals surface area contributed by atoms with Crippen molar-refractivity contribution in [3.63, 3.8) is 0 Å². The van der Waals surface area contributed by atoms with E-state index in [-0.39, 0.29) is 26.1 Å². The van der Waals surface area contributed by atoms with E-state index in [0.717, 1.165) is 64.2 Å². The zero-order valence-electron chi connectivity index (χ0n) is 36.7. The van der Waals surface area contributed by atoms with Crippen LogP contribution in [-0.4, -0.2) is 89.0 Å². The van der Waals surface area contributed by atoms with E-state index in [0.29, 0.717) is 12.8 Å². The molecule has 1 aliphatic rings. The molecule has 10 heteroatoms. The molecule has 338 valence electrons. The van der Waals surface area contributed by atoms with Crippen molar-refractivity contribution in [2.45, 2.75) is 205 Å². The number of unbranched alkanes of at least 4 members (excludes halogenated alkanes) is 14. The number of carbonyl (C=O) groups excluding carboxylic acids is 2. The number of carbonyl (C=O) groups is 2. The molecule has 1 aliphatic heterocycles. The molecule has 0 spiro atoms. The summed E-state index contributed by atoms with van der Waals surface area (Å²) in [5.41, 5.74) is 0. The zero-order chi connectivity index (χ0) is 43.0. The first kappa shape index (κ1) is 54.2. The van der Waals surface area contributed by atoms with E-state index in [1.54, 1.807) is 0 Å². The Hall–Kier alpha value is -2.86. The highest BCUT2D eigenvalue weighted by Crippen LogP contribution is 2.22. The van der Waals surface area contributed by atoms with Gasteiger partial charge < -0.3 is 39.4 Å². The van der Waals surface area contributed by atoms with Crippen LogP contribution >= 0.6 is 0 Å². The van der Waals surface area contributed by atoms with Crippen LogP contribution in [0.4, 0.5) is 0 Å². The monoisotopic (exact) mass is 831 g/mol. The average Bonchev–Trinajstić information content (AvgIpc) is 3.23. The highest BCUT2D eigenvalue weighted by atomic mass is 16.7. The Bertz CT molecular complexity index is 1190. The predicted molar refractivity (Wildman–Crippen MR) is 238 cm³/mol. The molecule has 0 amide bonds. The Morgan fingerprint density at radius 1 is 0.542 bits per heavy atom. The van der Waals surface area contributed by atoms with Crippen LogP contribution in [-0.2, 0) is 28.5 Å². The van der Waals surface area contributed by atoms with E-state index in [2.05, 4.69) is 80.7 Å². The van der Waals surface area contributed by atoms with Crippen LogP contribution in [0, 0.1) is 0 Å². The highest BCUT2D eigenvalue weighted by Gasteiger charge is 2.44. The van der Waals surface area contributed by atoms with Gasteiger partial charge in [-0.2, -0.15) is 0 Å². The Labute approximate surface area is 357 Å². The van der Waals surface area contributed by atoms with Gasteiger partial charge in [-0.25, -0.2) is 0 Å². The minimum absolute atomic E-state index is 0.181. The number of esters is 2. The third kappa shape index (κ3) is 30.8. The number of aliphatic hydroxyl groups is 4. The summed E-state index contributed by atoms with van der Waals surface area (Å²) in [7, 11) is 0. The van der Waals surface area contributed by atoms with E-state index >= 15 is 0 Å². The molecule has 0 aliphatic carbocycles. The minimum Gasteiger partial charge on any atom is -0.462 e. The van der Waals surface area contributed by atoms with Crippen molar-refractivity contribution in [2.24, 2.45) is 0 Å². The first-order chi connectivity index (χ1) is 28.8. The largest absolute Gasteiger partial charge is 0.462 e. The van der Waals surface area contributed by atoms with Crippen LogP contribution in [0.15, 0.2) is 72.9 Å². The maximum atomic E-state index is 12.8. The van der Waals surface area contributed by atoms with Crippen molar-refractivity contribution < 1.29 is 49.0 Å². The van der Waals surface area contributed by atoms with Crippen LogP contribution in [0.2, 0.25) is 0 Å². The Kier molecular flexibility index (Phi) is 36.1. The third-order valence-corrected chi connectivity index (χ3v) is 10.1. The lowest BCUT2D eigenvalue weighted by atomic mass is 9.99. The number of hydrogen-bond donors (Lipinski definition) is 4. The molecule has 0 aromatic carbocycles. The number of allylic oxidation sites excluding steroid dienone is 12. The van der Waals surface area contributed by atoms with Crippen molar-refractivity contribution in [3.05, 3.63) is 72.9 Å². The predicted octanol–water partition coefficient (Wildman–Crippen LogP) is 10.00. The molecule has 2 unspecified atom stereocenters. The van der Waals surface area contributed by atoms with Gasteiger partial charge in [0.05, 0.1) is 13.2 Å². The lowest BCUT2D eigenvalue weighted by Gasteiger charge is -2.39. The van der Waals surface area contributed by atoms with Gasteiger partial charge in [-0.05, 0) is 70.6 Å². The fourth-order valence-corrected chi connectivity index (χ4v) is 6.47. The van der Waals surface area contributed by atoms with Crippen LogP contribution in [0.3, 0.4) is 0 Å². The van der Waals surface area contributed by atoms with Crippen LogP contribution in [0.25, 0.3) is 0 Å². The summed E-state index contributed by atoms with van der Waals surface area (Å²) in [6.45, 7) is 3.23. The molecule has 0 saturated carbocycles. The quantitative estimate of drug-likeness (QED) is 0.0271. The number of ether oxygens (including phenoxy) is 4. The van der Waals surface area contributed by atoms with Gasteiger partial charge in [0.2, 0.25) is 0 Å². The van der Waals surface area contributed by atoms with Crippen molar-refractivity contribution in [3.8, 4) is 0 Å². The van der Waals surface area contributed by atoms with E-state index in [9.17, 15) is 30.0 Å². The van der Waals surface area contributed by atoms with Gasteiger partial charge in [0.15, 0.2) is 12.4 Å². The molecule has 59 heavy (non-hydrogen) atoms. The van der Waals surface area contributed by atoms with Gasteiger partial charge in [0.1, 0.15) is 31.0 Å². The average molecular weight is 831 g/mol. The van der Waals surface area contributed by atoms with Crippen molar-refractivity contribution >= 4 is 11.9 Å². The van der Waals surface area contributed by atoms with Crippen LogP contribution < -0.4 is 0 Å². The number of hydrogen-bond acceptors (Lipinski definition) is 10. The van der Waals surface area contributed by atoms with Gasteiger partial charge in [0.25, 0.3) is 0 Å². The first-order valence-electron chi connectivity index (χ1n) is 23.0. The SMILES string of the molecule is CC/C=C/C/C=C/C/C=C/C/C=C/C/C=C/CCCCCC(=O)O[C@H](COC(=O)CC/C=C/CCCCCCCCCCCCC)CO[C@@H]1O[C@H](CO)[C@H](O)C(O)C1O. The summed E-state index contributed by atoms with van der Waals surface area (Å²) in [6, 6.07) is 0. The zero-order valence-corrected chi connectivity index (χ0v) is 36.7. The van der Waals surface area contributed by atoms with Gasteiger partial charge in [0, 0.05) is 12.8 Å². The molecule has 1 saturated heterocycles. The molecule has 10 nitrogen and oxygen atoms in total. The molecule has 0 aromatic heterocycles. The third-order valence-electron chi connectivity index (χ3n) is 10.1. The van der Waals surface area contributed by atoms with Gasteiger partial charge in [-0.15, -0.1) is 0 Å². The second-order valence-corrected chi connectivity index (χ2v) is 15.5. The fourth-order valence-electron chi connectivity index (χ4n) is 6.47. The Morgan fingerprint density at radius 3 is 1.59 bits per heavy atom. The van der Waals surface area contributed by atoms with Gasteiger partial charge in [-0.1, -0.05) is 157 Å².